The second kappa shape index (κ2) is 6.00. The number of aromatic nitrogens is 1. The summed E-state index contributed by atoms with van der Waals surface area (Å²) in [4.78, 5) is 3.89. The van der Waals surface area contributed by atoms with Crippen molar-refractivity contribution in [1.29, 1.82) is 0 Å². The van der Waals surface area contributed by atoms with Crippen molar-refractivity contribution >= 4 is 11.6 Å². The molecule has 3 nitrogen and oxygen atoms in total. The van der Waals surface area contributed by atoms with E-state index in [1.54, 1.807) is 18.3 Å². The Balaban J connectivity index is 1.96. The van der Waals surface area contributed by atoms with E-state index >= 15 is 0 Å². The number of pyridine rings is 1. The third kappa shape index (κ3) is 4.31. The summed E-state index contributed by atoms with van der Waals surface area (Å²) in [5.41, 5.74) is 0.685. The zero-order valence-electron chi connectivity index (χ0n) is 10.0. The molecule has 0 spiro atoms. The van der Waals surface area contributed by atoms with Gasteiger partial charge >= 0.3 is 6.36 Å². The van der Waals surface area contributed by atoms with E-state index in [2.05, 4.69) is 9.72 Å². The average Bonchev–Trinajstić information content (AvgIpc) is 2.38. The lowest BCUT2D eigenvalue weighted by atomic mass is 10.3. The predicted molar refractivity (Wildman–Crippen MR) is 66.7 cm³/mol. The van der Waals surface area contributed by atoms with E-state index in [9.17, 15) is 13.2 Å². The summed E-state index contributed by atoms with van der Waals surface area (Å²) >= 11 is 5.85. The summed E-state index contributed by atoms with van der Waals surface area (Å²) in [6, 6.07) is 8.57. The minimum Gasteiger partial charge on any atom is -0.489 e. The number of alkyl halides is 3. The lowest BCUT2D eigenvalue weighted by molar-refractivity contribution is -0.274. The molecule has 0 fully saturated rings. The van der Waals surface area contributed by atoms with Gasteiger partial charge in [-0.2, -0.15) is 0 Å². The van der Waals surface area contributed by atoms with Gasteiger partial charge in [-0.15, -0.1) is 13.2 Å². The van der Waals surface area contributed by atoms with Crippen LogP contribution in [0.2, 0.25) is 5.15 Å². The van der Waals surface area contributed by atoms with Crippen LogP contribution >= 0.6 is 11.6 Å². The van der Waals surface area contributed by atoms with E-state index < -0.39 is 6.36 Å². The summed E-state index contributed by atoms with van der Waals surface area (Å²) in [7, 11) is 0. The molecule has 20 heavy (non-hydrogen) atoms. The molecule has 0 aliphatic rings. The Morgan fingerprint density at radius 2 is 1.70 bits per heavy atom. The van der Waals surface area contributed by atoms with Gasteiger partial charge in [-0.3, -0.25) is 0 Å². The summed E-state index contributed by atoms with van der Waals surface area (Å²) in [5.74, 6) is 0.101. The lowest BCUT2D eigenvalue weighted by Gasteiger charge is -2.10. The van der Waals surface area contributed by atoms with Crippen LogP contribution in [-0.2, 0) is 6.61 Å². The molecule has 1 aromatic carbocycles. The molecule has 0 bridgehead atoms. The first-order valence-electron chi connectivity index (χ1n) is 5.52. The number of ether oxygens (including phenoxy) is 2. The van der Waals surface area contributed by atoms with E-state index in [-0.39, 0.29) is 12.4 Å². The molecule has 0 radical (unpaired) electrons. The molecule has 1 heterocycles. The van der Waals surface area contributed by atoms with Gasteiger partial charge in [0.15, 0.2) is 0 Å². The van der Waals surface area contributed by atoms with Crippen molar-refractivity contribution in [3.05, 3.63) is 53.3 Å². The van der Waals surface area contributed by atoms with E-state index in [0.29, 0.717) is 16.5 Å². The predicted octanol–water partition coefficient (Wildman–Crippen LogP) is 4.21. The van der Waals surface area contributed by atoms with Gasteiger partial charge in [0.25, 0.3) is 0 Å². The first-order chi connectivity index (χ1) is 9.44. The van der Waals surface area contributed by atoms with Crippen LogP contribution in [0, 0.1) is 0 Å². The monoisotopic (exact) mass is 303 g/mol. The van der Waals surface area contributed by atoms with Crippen LogP contribution in [0.3, 0.4) is 0 Å². The number of hydrogen-bond donors (Lipinski definition) is 0. The van der Waals surface area contributed by atoms with Gasteiger partial charge in [-0.1, -0.05) is 17.7 Å². The highest BCUT2D eigenvalue weighted by atomic mass is 35.5. The van der Waals surface area contributed by atoms with Crippen LogP contribution in [0.4, 0.5) is 13.2 Å². The third-order valence-electron chi connectivity index (χ3n) is 2.29. The van der Waals surface area contributed by atoms with Crippen molar-refractivity contribution in [3.63, 3.8) is 0 Å². The van der Waals surface area contributed by atoms with Gasteiger partial charge in [-0.05, 0) is 30.3 Å². The smallest absolute Gasteiger partial charge is 0.489 e. The molecule has 0 N–H and O–H groups in total. The first-order valence-corrected chi connectivity index (χ1v) is 5.90. The van der Waals surface area contributed by atoms with Crippen molar-refractivity contribution in [2.75, 3.05) is 0 Å². The Morgan fingerprint density at radius 1 is 1.05 bits per heavy atom. The number of hydrogen-bond acceptors (Lipinski definition) is 3. The van der Waals surface area contributed by atoms with E-state index in [4.69, 9.17) is 16.3 Å². The highest BCUT2D eigenvalue weighted by molar-refractivity contribution is 6.30. The number of rotatable bonds is 4. The topological polar surface area (TPSA) is 31.4 Å². The maximum atomic E-state index is 12.0. The summed E-state index contributed by atoms with van der Waals surface area (Å²) in [6.07, 6.45) is -3.15. The molecule has 0 aliphatic heterocycles. The van der Waals surface area contributed by atoms with Crippen molar-refractivity contribution in [1.82, 2.24) is 4.98 Å². The Kier molecular flexibility index (Phi) is 4.34. The fraction of sp³-hybridized carbons (Fsp3) is 0.154. The minimum absolute atomic E-state index is 0.173. The molecule has 7 heteroatoms. The molecule has 0 saturated carbocycles. The molecule has 0 amide bonds. The molecule has 2 rings (SSSR count). The quantitative estimate of drug-likeness (QED) is 0.793. The first kappa shape index (κ1) is 14.5. The Morgan fingerprint density at radius 3 is 2.30 bits per heavy atom. The number of benzene rings is 1. The van der Waals surface area contributed by atoms with Crippen LogP contribution in [-0.4, -0.2) is 11.3 Å². The minimum atomic E-state index is -4.70. The second-order valence-corrected chi connectivity index (χ2v) is 4.12. The highest BCUT2D eigenvalue weighted by Gasteiger charge is 2.30. The molecule has 0 unspecified atom stereocenters. The van der Waals surface area contributed by atoms with Crippen LogP contribution in [0.15, 0.2) is 42.6 Å². The molecule has 0 atom stereocenters. The van der Waals surface area contributed by atoms with E-state index in [1.807, 2.05) is 0 Å². The van der Waals surface area contributed by atoms with Gasteiger partial charge in [-0.25, -0.2) is 4.98 Å². The van der Waals surface area contributed by atoms with E-state index in [1.165, 1.54) is 24.3 Å². The molecular weight excluding hydrogens is 295 g/mol. The number of halogens is 4. The highest BCUT2D eigenvalue weighted by Crippen LogP contribution is 2.25. The van der Waals surface area contributed by atoms with Crippen molar-refractivity contribution < 1.29 is 22.6 Å². The van der Waals surface area contributed by atoms with Gasteiger partial charge in [0.1, 0.15) is 23.3 Å². The Bertz CT molecular complexity index is 573. The second-order valence-electron chi connectivity index (χ2n) is 3.76. The largest absolute Gasteiger partial charge is 0.573 e. The fourth-order valence-corrected chi connectivity index (χ4v) is 1.60. The Labute approximate surface area is 117 Å². The van der Waals surface area contributed by atoms with Crippen LogP contribution < -0.4 is 9.47 Å². The standard InChI is InChI=1S/C13H9ClF3NO2/c14-12-9(2-1-7-18-12)8-19-10-3-5-11(6-4-10)20-13(15,16)17/h1-7H,8H2. The van der Waals surface area contributed by atoms with Crippen molar-refractivity contribution in [3.8, 4) is 11.5 Å². The maximum absolute atomic E-state index is 12.0. The van der Waals surface area contributed by atoms with Crippen LogP contribution in [0.5, 0.6) is 11.5 Å². The van der Waals surface area contributed by atoms with Gasteiger partial charge in [0.05, 0.1) is 0 Å². The summed E-state index contributed by atoms with van der Waals surface area (Å²) < 4.78 is 45.1. The summed E-state index contributed by atoms with van der Waals surface area (Å²) in [6.45, 7) is 0.173. The van der Waals surface area contributed by atoms with Crippen molar-refractivity contribution in [2.24, 2.45) is 0 Å². The molecule has 0 aliphatic carbocycles. The fourth-order valence-electron chi connectivity index (χ4n) is 1.43. The normalized spacial score (nSPS) is 11.2. The SMILES string of the molecule is FC(F)(F)Oc1ccc(OCc2cccnc2Cl)cc1. The average molecular weight is 304 g/mol. The zero-order chi connectivity index (χ0) is 14.6. The molecular formula is C13H9ClF3NO2. The molecule has 2 aromatic rings. The van der Waals surface area contributed by atoms with E-state index in [0.717, 1.165) is 0 Å². The number of nitrogens with zero attached hydrogens (tertiary/aromatic N) is 1. The Hall–Kier alpha value is -1.95. The molecule has 0 saturated heterocycles. The van der Waals surface area contributed by atoms with Gasteiger partial charge in [0, 0.05) is 11.8 Å². The molecule has 106 valence electrons. The third-order valence-corrected chi connectivity index (χ3v) is 2.63. The summed E-state index contributed by atoms with van der Waals surface area (Å²) in [5, 5.41) is 0.324. The van der Waals surface area contributed by atoms with Gasteiger partial charge in [0.2, 0.25) is 0 Å². The van der Waals surface area contributed by atoms with Crippen molar-refractivity contribution in [2.45, 2.75) is 13.0 Å². The maximum Gasteiger partial charge on any atom is 0.573 e. The zero-order valence-corrected chi connectivity index (χ0v) is 10.8. The molecule has 1 aromatic heterocycles. The van der Waals surface area contributed by atoms with Crippen LogP contribution in [0.25, 0.3) is 0 Å². The van der Waals surface area contributed by atoms with Crippen LogP contribution in [0.1, 0.15) is 5.56 Å². The lowest BCUT2D eigenvalue weighted by Crippen LogP contribution is -2.16. The van der Waals surface area contributed by atoms with Gasteiger partial charge < -0.3 is 9.47 Å².